The molecular weight excluding hydrogens is 428 g/mol. The lowest BCUT2D eigenvalue weighted by Gasteiger charge is -2.12. The van der Waals surface area contributed by atoms with Crippen molar-refractivity contribution >= 4 is 34.1 Å². The number of anilines is 1. The summed E-state index contributed by atoms with van der Waals surface area (Å²) < 4.78 is 2.14. The topological polar surface area (TPSA) is 85.6 Å². The minimum absolute atomic E-state index is 0.104. The van der Waals surface area contributed by atoms with E-state index in [-0.39, 0.29) is 11.2 Å². The number of benzene rings is 1. The molecule has 1 aliphatic carbocycles. The molecule has 1 atom stereocenters. The maximum Gasteiger partial charge on any atom is 0.239 e. The van der Waals surface area contributed by atoms with Crippen LogP contribution in [-0.2, 0) is 4.79 Å². The standard InChI is InChI=1S/C22H20N6OS2/c1-14(20(29)25-21-24-18(13-30-21)15-6-3-2-4-7-15)31-22-27-26-19(28(22)17-9-10-17)16-8-5-11-23-12-16/h2-8,11-14,17H,9-10H2,1H3,(H,24,25,29)/t14-/m0/s1. The summed E-state index contributed by atoms with van der Waals surface area (Å²) in [6.45, 7) is 1.88. The largest absolute Gasteiger partial charge is 0.301 e. The van der Waals surface area contributed by atoms with Crippen LogP contribution in [0.3, 0.4) is 0 Å². The van der Waals surface area contributed by atoms with Crippen molar-refractivity contribution in [2.75, 3.05) is 5.32 Å². The Hall–Kier alpha value is -3.04. The summed E-state index contributed by atoms with van der Waals surface area (Å²) in [7, 11) is 0. The summed E-state index contributed by atoms with van der Waals surface area (Å²) in [5.74, 6) is 0.699. The van der Waals surface area contributed by atoms with E-state index in [1.807, 2.05) is 54.8 Å². The summed E-state index contributed by atoms with van der Waals surface area (Å²) in [6.07, 6.45) is 5.73. The molecule has 3 aromatic heterocycles. The van der Waals surface area contributed by atoms with Gasteiger partial charge in [0.15, 0.2) is 16.1 Å². The minimum Gasteiger partial charge on any atom is -0.301 e. The third-order valence-corrected chi connectivity index (χ3v) is 6.77. The molecule has 9 heteroatoms. The van der Waals surface area contributed by atoms with Gasteiger partial charge in [-0.15, -0.1) is 21.5 Å². The smallest absolute Gasteiger partial charge is 0.239 e. The highest BCUT2D eigenvalue weighted by molar-refractivity contribution is 8.00. The van der Waals surface area contributed by atoms with Crippen molar-refractivity contribution in [2.24, 2.45) is 0 Å². The SMILES string of the molecule is C[C@H](Sc1nnc(-c2cccnc2)n1C1CC1)C(=O)Nc1nc(-c2ccccc2)cs1. The van der Waals surface area contributed by atoms with Gasteiger partial charge in [0.05, 0.1) is 10.9 Å². The van der Waals surface area contributed by atoms with Gasteiger partial charge in [0.25, 0.3) is 0 Å². The lowest BCUT2D eigenvalue weighted by Crippen LogP contribution is -2.22. The minimum atomic E-state index is -0.340. The zero-order valence-corrected chi connectivity index (χ0v) is 18.4. The Balaban J connectivity index is 1.29. The molecule has 4 aromatic rings. The number of amides is 1. The van der Waals surface area contributed by atoms with Crippen LogP contribution >= 0.6 is 23.1 Å². The highest BCUT2D eigenvalue weighted by atomic mass is 32.2. The van der Waals surface area contributed by atoms with Crippen LogP contribution < -0.4 is 5.32 Å². The van der Waals surface area contributed by atoms with Crippen LogP contribution in [0.25, 0.3) is 22.6 Å². The molecular formula is C22H20N6OS2. The summed E-state index contributed by atoms with van der Waals surface area (Å²) >= 11 is 2.84. The summed E-state index contributed by atoms with van der Waals surface area (Å²) in [5.41, 5.74) is 2.82. The molecule has 0 radical (unpaired) electrons. The molecule has 156 valence electrons. The number of pyridine rings is 1. The number of hydrogen-bond acceptors (Lipinski definition) is 7. The Morgan fingerprint density at radius 2 is 1.97 bits per heavy atom. The molecule has 31 heavy (non-hydrogen) atoms. The van der Waals surface area contributed by atoms with Gasteiger partial charge in [0.2, 0.25) is 5.91 Å². The molecule has 1 saturated carbocycles. The Labute approximate surface area is 188 Å². The molecule has 1 fully saturated rings. The molecule has 7 nitrogen and oxygen atoms in total. The monoisotopic (exact) mass is 448 g/mol. The number of nitrogens with zero attached hydrogens (tertiary/aromatic N) is 5. The number of carbonyl (C=O) groups excluding carboxylic acids is 1. The Morgan fingerprint density at radius 1 is 1.16 bits per heavy atom. The van der Waals surface area contributed by atoms with Crippen LogP contribution in [0, 0.1) is 0 Å². The van der Waals surface area contributed by atoms with Gasteiger partial charge in [-0.05, 0) is 31.9 Å². The first kappa shape index (κ1) is 19.9. The Morgan fingerprint density at radius 3 is 2.71 bits per heavy atom. The van der Waals surface area contributed by atoms with E-state index in [4.69, 9.17) is 0 Å². The fraction of sp³-hybridized carbons (Fsp3) is 0.227. The first-order valence-corrected chi connectivity index (χ1v) is 11.8. The lowest BCUT2D eigenvalue weighted by atomic mass is 10.2. The first-order chi connectivity index (χ1) is 15.2. The predicted molar refractivity (Wildman–Crippen MR) is 123 cm³/mol. The summed E-state index contributed by atoms with van der Waals surface area (Å²) in [5, 5.41) is 14.7. The molecule has 5 rings (SSSR count). The van der Waals surface area contributed by atoms with Crippen molar-refractivity contribution in [3.05, 3.63) is 60.2 Å². The van der Waals surface area contributed by atoms with Crippen LogP contribution in [0.4, 0.5) is 5.13 Å². The van der Waals surface area contributed by atoms with Crippen LogP contribution in [-0.4, -0.2) is 35.9 Å². The summed E-state index contributed by atoms with van der Waals surface area (Å²) in [6, 6.07) is 14.2. The van der Waals surface area contributed by atoms with E-state index in [1.54, 1.807) is 12.4 Å². The van der Waals surface area contributed by atoms with E-state index in [9.17, 15) is 4.79 Å². The quantitative estimate of drug-likeness (QED) is 0.404. The van der Waals surface area contributed by atoms with Gasteiger partial charge in [-0.2, -0.15) is 0 Å². The first-order valence-electron chi connectivity index (χ1n) is 10.0. The van der Waals surface area contributed by atoms with Gasteiger partial charge in [-0.1, -0.05) is 42.1 Å². The molecule has 1 aromatic carbocycles. The molecule has 0 aliphatic heterocycles. The fourth-order valence-corrected chi connectivity index (χ4v) is 4.84. The van der Waals surface area contributed by atoms with Crippen molar-refractivity contribution in [2.45, 2.75) is 36.2 Å². The van der Waals surface area contributed by atoms with Gasteiger partial charge in [-0.3, -0.25) is 14.3 Å². The van der Waals surface area contributed by atoms with E-state index >= 15 is 0 Å². The zero-order valence-electron chi connectivity index (χ0n) is 16.8. The average Bonchev–Trinajstić information content (AvgIpc) is 3.39. The fourth-order valence-electron chi connectivity index (χ4n) is 3.20. The van der Waals surface area contributed by atoms with Crippen molar-refractivity contribution in [3.63, 3.8) is 0 Å². The van der Waals surface area contributed by atoms with Crippen LogP contribution in [0.1, 0.15) is 25.8 Å². The lowest BCUT2D eigenvalue weighted by molar-refractivity contribution is -0.115. The van der Waals surface area contributed by atoms with Gasteiger partial charge in [-0.25, -0.2) is 4.98 Å². The van der Waals surface area contributed by atoms with E-state index in [0.29, 0.717) is 11.2 Å². The van der Waals surface area contributed by atoms with E-state index in [1.165, 1.54) is 23.1 Å². The van der Waals surface area contributed by atoms with E-state index in [0.717, 1.165) is 40.6 Å². The van der Waals surface area contributed by atoms with Crippen LogP contribution in [0.5, 0.6) is 0 Å². The van der Waals surface area contributed by atoms with Gasteiger partial charge in [0, 0.05) is 34.9 Å². The predicted octanol–water partition coefficient (Wildman–Crippen LogP) is 4.92. The molecule has 0 spiro atoms. The number of thiazole rings is 1. The number of carbonyl (C=O) groups is 1. The van der Waals surface area contributed by atoms with Crippen molar-refractivity contribution in [1.29, 1.82) is 0 Å². The third-order valence-electron chi connectivity index (χ3n) is 4.95. The number of thioether (sulfide) groups is 1. The molecule has 1 amide bonds. The maximum absolute atomic E-state index is 12.8. The molecule has 3 heterocycles. The van der Waals surface area contributed by atoms with Gasteiger partial charge < -0.3 is 5.32 Å². The van der Waals surface area contributed by atoms with Crippen LogP contribution in [0.2, 0.25) is 0 Å². The number of hydrogen-bond donors (Lipinski definition) is 1. The maximum atomic E-state index is 12.8. The molecule has 1 aliphatic rings. The van der Waals surface area contributed by atoms with Gasteiger partial charge >= 0.3 is 0 Å². The zero-order chi connectivity index (χ0) is 21.2. The van der Waals surface area contributed by atoms with E-state index in [2.05, 4.69) is 30.0 Å². The van der Waals surface area contributed by atoms with Gasteiger partial charge in [0.1, 0.15) is 0 Å². The molecule has 0 bridgehead atoms. The average molecular weight is 449 g/mol. The highest BCUT2D eigenvalue weighted by Gasteiger charge is 2.31. The number of aromatic nitrogens is 5. The highest BCUT2D eigenvalue weighted by Crippen LogP contribution is 2.41. The Bertz CT molecular complexity index is 1190. The molecule has 0 unspecified atom stereocenters. The van der Waals surface area contributed by atoms with Crippen molar-refractivity contribution in [3.8, 4) is 22.6 Å². The third kappa shape index (κ3) is 4.38. The number of rotatable bonds is 7. The molecule has 0 saturated heterocycles. The van der Waals surface area contributed by atoms with Crippen LogP contribution in [0.15, 0.2) is 65.4 Å². The Kier molecular flexibility index (Phi) is 5.52. The normalized spacial score (nSPS) is 14.4. The second kappa shape index (κ2) is 8.60. The second-order valence-corrected chi connectivity index (χ2v) is 9.47. The van der Waals surface area contributed by atoms with Crippen molar-refractivity contribution < 1.29 is 4.79 Å². The summed E-state index contributed by atoms with van der Waals surface area (Å²) in [4.78, 5) is 21.5. The molecule has 1 N–H and O–H groups in total. The van der Waals surface area contributed by atoms with Crippen molar-refractivity contribution in [1.82, 2.24) is 24.7 Å². The number of nitrogens with one attached hydrogen (secondary N) is 1. The second-order valence-electron chi connectivity index (χ2n) is 7.30. The van der Waals surface area contributed by atoms with E-state index < -0.39 is 0 Å².